The van der Waals surface area contributed by atoms with Crippen LogP contribution in [0.4, 0.5) is 5.69 Å². The molecule has 3 aromatic rings. The van der Waals surface area contributed by atoms with Crippen LogP contribution in [-0.2, 0) is 26.2 Å². The third kappa shape index (κ3) is 9.14. The summed E-state index contributed by atoms with van der Waals surface area (Å²) in [6, 6.07) is 19.3. The second kappa shape index (κ2) is 16.0. The van der Waals surface area contributed by atoms with E-state index in [4.69, 9.17) is 16.3 Å². The molecule has 1 N–H and O–H groups in total. The molecule has 0 aliphatic carbocycles. The van der Waals surface area contributed by atoms with E-state index in [1.165, 1.54) is 28.8 Å². The van der Waals surface area contributed by atoms with E-state index in [1.807, 2.05) is 34.0 Å². The Bertz CT molecular complexity index is 1470. The normalized spacial score (nSPS) is 12.1. The van der Waals surface area contributed by atoms with Crippen LogP contribution in [0.5, 0.6) is 5.75 Å². The highest BCUT2D eigenvalue weighted by molar-refractivity contribution is 7.98. The van der Waals surface area contributed by atoms with Crippen molar-refractivity contribution in [3.63, 3.8) is 0 Å². The molecule has 0 fully saturated rings. The van der Waals surface area contributed by atoms with Crippen molar-refractivity contribution in [3.05, 3.63) is 83.4 Å². The Balaban J connectivity index is 2.06. The minimum absolute atomic E-state index is 0.0334. The van der Waals surface area contributed by atoms with Crippen LogP contribution in [0.15, 0.2) is 82.6 Å². The molecular formula is C32H40ClN3O5S2. The monoisotopic (exact) mass is 645 g/mol. The van der Waals surface area contributed by atoms with E-state index in [-0.39, 0.29) is 23.3 Å². The fourth-order valence-electron chi connectivity index (χ4n) is 4.43. The summed E-state index contributed by atoms with van der Waals surface area (Å²) in [5, 5.41) is 3.37. The minimum atomic E-state index is -4.18. The summed E-state index contributed by atoms with van der Waals surface area (Å²) in [6.07, 6.45) is 2.23. The summed E-state index contributed by atoms with van der Waals surface area (Å²) >= 11 is 7.96. The number of halogens is 1. The van der Waals surface area contributed by atoms with E-state index < -0.39 is 28.5 Å². The SMILES string of the molecule is CCOc1ccc(N(CC(=O)N(Cc2ccccc2Cl)[C@H](CC)C(=O)NCC(C)C)S(=O)(=O)c2ccc(SC)cc2)cc1. The molecule has 0 heterocycles. The van der Waals surface area contributed by atoms with Crippen molar-refractivity contribution in [2.24, 2.45) is 5.92 Å². The third-order valence-electron chi connectivity index (χ3n) is 6.73. The van der Waals surface area contributed by atoms with Gasteiger partial charge in [0.1, 0.15) is 18.3 Å². The number of rotatable bonds is 15. The molecule has 1 atom stereocenters. The Morgan fingerprint density at radius 2 is 1.63 bits per heavy atom. The van der Waals surface area contributed by atoms with Crippen LogP contribution >= 0.6 is 23.4 Å². The number of nitrogens with zero attached hydrogens (tertiary/aromatic N) is 2. The van der Waals surface area contributed by atoms with Gasteiger partial charge >= 0.3 is 0 Å². The van der Waals surface area contributed by atoms with E-state index in [0.29, 0.717) is 41.6 Å². The second-order valence-corrected chi connectivity index (χ2v) is 13.4. The van der Waals surface area contributed by atoms with Crippen molar-refractivity contribution < 1.29 is 22.7 Å². The second-order valence-electron chi connectivity index (χ2n) is 10.3. The number of carbonyl (C=O) groups excluding carboxylic acids is 2. The average molecular weight is 646 g/mol. The van der Waals surface area contributed by atoms with Gasteiger partial charge in [-0.05, 0) is 85.7 Å². The zero-order chi connectivity index (χ0) is 31.6. The number of nitrogens with one attached hydrogen (secondary N) is 1. The number of ether oxygens (including phenoxy) is 1. The van der Waals surface area contributed by atoms with Crippen molar-refractivity contribution in [2.45, 2.75) is 56.5 Å². The first-order valence-corrected chi connectivity index (χ1v) is 17.3. The molecule has 0 saturated heterocycles. The molecule has 0 aliphatic rings. The summed E-state index contributed by atoms with van der Waals surface area (Å²) in [5.74, 6) is -0.0520. The summed E-state index contributed by atoms with van der Waals surface area (Å²) < 4.78 is 34.8. The molecule has 11 heteroatoms. The Labute approximate surface area is 264 Å². The summed E-state index contributed by atoms with van der Waals surface area (Å²) in [5.41, 5.74) is 0.941. The van der Waals surface area contributed by atoms with Gasteiger partial charge in [0, 0.05) is 23.0 Å². The van der Waals surface area contributed by atoms with Crippen molar-refractivity contribution in [3.8, 4) is 5.75 Å². The van der Waals surface area contributed by atoms with Gasteiger partial charge in [0.2, 0.25) is 11.8 Å². The van der Waals surface area contributed by atoms with Crippen LogP contribution in [0.2, 0.25) is 5.02 Å². The Kier molecular flexibility index (Phi) is 12.8. The van der Waals surface area contributed by atoms with Gasteiger partial charge in [-0.15, -0.1) is 11.8 Å². The predicted molar refractivity (Wildman–Crippen MR) is 174 cm³/mol. The van der Waals surface area contributed by atoms with Gasteiger partial charge in [0.05, 0.1) is 17.2 Å². The topological polar surface area (TPSA) is 96.0 Å². The quantitative estimate of drug-likeness (QED) is 0.197. The van der Waals surface area contributed by atoms with Gasteiger partial charge in [-0.25, -0.2) is 8.42 Å². The van der Waals surface area contributed by atoms with Crippen LogP contribution < -0.4 is 14.4 Å². The predicted octanol–water partition coefficient (Wildman–Crippen LogP) is 6.24. The molecule has 0 aliphatic heterocycles. The third-order valence-corrected chi connectivity index (χ3v) is 9.63. The van der Waals surface area contributed by atoms with Gasteiger partial charge in [-0.2, -0.15) is 0 Å². The largest absolute Gasteiger partial charge is 0.494 e. The minimum Gasteiger partial charge on any atom is -0.494 e. The highest BCUT2D eigenvalue weighted by atomic mass is 35.5. The zero-order valence-corrected chi connectivity index (χ0v) is 27.6. The number of anilines is 1. The lowest BCUT2D eigenvalue weighted by Gasteiger charge is -2.33. The Morgan fingerprint density at radius 1 is 0.977 bits per heavy atom. The van der Waals surface area contributed by atoms with Gasteiger partial charge in [0.15, 0.2) is 0 Å². The van der Waals surface area contributed by atoms with E-state index in [1.54, 1.807) is 60.7 Å². The molecule has 0 aromatic heterocycles. The fourth-order valence-corrected chi connectivity index (χ4v) is 6.45. The van der Waals surface area contributed by atoms with Crippen LogP contribution in [0.3, 0.4) is 0 Å². The Morgan fingerprint density at radius 3 is 2.19 bits per heavy atom. The average Bonchev–Trinajstić information content (AvgIpc) is 3.00. The first kappa shape index (κ1) is 34.3. The number of hydrogen-bond donors (Lipinski definition) is 1. The van der Waals surface area contributed by atoms with E-state index in [2.05, 4.69) is 5.32 Å². The molecule has 3 rings (SSSR count). The molecule has 0 radical (unpaired) electrons. The van der Waals surface area contributed by atoms with Crippen molar-refractivity contribution >= 4 is 50.9 Å². The molecular weight excluding hydrogens is 606 g/mol. The highest BCUT2D eigenvalue weighted by Crippen LogP contribution is 2.28. The van der Waals surface area contributed by atoms with Crippen molar-refractivity contribution in [1.82, 2.24) is 10.2 Å². The molecule has 0 bridgehead atoms. The molecule has 3 aromatic carbocycles. The molecule has 0 spiro atoms. The molecule has 2 amide bonds. The number of thioether (sulfide) groups is 1. The Hall–Kier alpha value is -3.21. The maximum absolute atomic E-state index is 14.2. The first-order chi connectivity index (χ1) is 20.5. The summed E-state index contributed by atoms with van der Waals surface area (Å²) in [7, 11) is -4.18. The highest BCUT2D eigenvalue weighted by Gasteiger charge is 2.34. The maximum Gasteiger partial charge on any atom is 0.264 e. The lowest BCUT2D eigenvalue weighted by molar-refractivity contribution is -0.140. The molecule has 232 valence electrons. The zero-order valence-electron chi connectivity index (χ0n) is 25.2. The van der Waals surface area contributed by atoms with Crippen molar-refractivity contribution in [1.29, 1.82) is 0 Å². The molecule has 43 heavy (non-hydrogen) atoms. The first-order valence-electron chi connectivity index (χ1n) is 14.2. The summed E-state index contributed by atoms with van der Waals surface area (Å²) in [6.45, 7) is 8.05. The van der Waals surface area contributed by atoms with Gasteiger partial charge in [0.25, 0.3) is 10.0 Å². The van der Waals surface area contributed by atoms with Crippen LogP contribution in [0.1, 0.15) is 39.7 Å². The van der Waals surface area contributed by atoms with Crippen LogP contribution in [0.25, 0.3) is 0 Å². The number of hydrogen-bond acceptors (Lipinski definition) is 6. The molecule has 0 saturated carbocycles. The van der Waals surface area contributed by atoms with Crippen molar-refractivity contribution in [2.75, 3.05) is 30.3 Å². The van der Waals surface area contributed by atoms with Gasteiger partial charge in [-0.3, -0.25) is 13.9 Å². The fraction of sp³-hybridized carbons (Fsp3) is 0.375. The summed E-state index contributed by atoms with van der Waals surface area (Å²) in [4.78, 5) is 29.9. The standard InChI is InChI=1S/C32H40ClN3O5S2/c1-6-30(32(38)34-20-23(3)4)35(21-24-10-8-9-11-29(24)33)31(37)22-36(25-12-14-26(15-13-25)41-7-2)43(39,40)28-18-16-27(42-5)17-19-28/h8-19,23,30H,6-7,20-22H2,1-5H3,(H,34,38)/t30-/m1/s1. The van der Waals surface area contributed by atoms with Gasteiger partial charge in [-0.1, -0.05) is 50.6 Å². The number of sulfonamides is 1. The van der Waals surface area contributed by atoms with E-state index in [0.717, 1.165) is 9.20 Å². The van der Waals surface area contributed by atoms with E-state index in [9.17, 15) is 18.0 Å². The van der Waals surface area contributed by atoms with Crippen LogP contribution in [0, 0.1) is 5.92 Å². The number of carbonyl (C=O) groups is 2. The van der Waals surface area contributed by atoms with E-state index >= 15 is 0 Å². The number of amides is 2. The van der Waals surface area contributed by atoms with Crippen LogP contribution in [-0.4, -0.2) is 57.1 Å². The maximum atomic E-state index is 14.2. The smallest absolute Gasteiger partial charge is 0.264 e. The lowest BCUT2D eigenvalue weighted by atomic mass is 10.1. The van der Waals surface area contributed by atoms with Gasteiger partial charge < -0.3 is 15.0 Å². The number of benzene rings is 3. The molecule has 8 nitrogen and oxygen atoms in total. The lowest BCUT2D eigenvalue weighted by Crippen LogP contribution is -2.52. The molecule has 0 unspecified atom stereocenters.